The van der Waals surface area contributed by atoms with Crippen LogP contribution in [0.4, 0.5) is 4.39 Å². The Bertz CT molecular complexity index is 657. The zero-order chi connectivity index (χ0) is 15.9. The minimum absolute atomic E-state index is 0. The number of aliphatic imine (C=N–C) groups is 1. The first-order valence-electron chi connectivity index (χ1n) is 7.19. The largest absolute Gasteiger partial charge is 0.356 e. The fraction of sp³-hybridized carbons (Fsp3) is 0.375. The molecule has 0 fully saturated rings. The summed E-state index contributed by atoms with van der Waals surface area (Å²) in [4.78, 5) is 8.58. The molecule has 0 atom stereocenters. The number of hydrogen-bond donors (Lipinski definition) is 2. The Labute approximate surface area is 157 Å². The normalized spacial score (nSPS) is 11.0. The van der Waals surface area contributed by atoms with Crippen molar-refractivity contribution >= 4 is 41.3 Å². The van der Waals surface area contributed by atoms with E-state index in [1.54, 1.807) is 37.4 Å². The molecule has 1 aromatic carbocycles. The molecule has 23 heavy (non-hydrogen) atoms. The molecule has 2 N–H and O–H groups in total. The van der Waals surface area contributed by atoms with Crippen molar-refractivity contribution in [3.05, 3.63) is 51.2 Å². The number of aryl methyl sites for hydroxylation is 2. The number of thiazole rings is 1. The highest BCUT2D eigenvalue weighted by molar-refractivity contribution is 14.0. The third-order valence-electron chi connectivity index (χ3n) is 3.26. The predicted molar refractivity (Wildman–Crippen MR) is 105 cm³/mol. The third-order valence-corrected chi connectivity index (χ3v) is 4.08. The topological polar surface area (TPSA) is 49.3 Å². The van der Waals surface area contributed by atoms with E-state index in [9.17, 15) is 4.39 Å². The average Bonchev–Trinajstić information content (AvgIpc) is 2.91. The van der Waals surface area contributed by atoms with Crippen LogP contribution in [0.2, 0.25) is 0 Å². The summed E-state index contributed by atoms with van der Waals surface area (Å²) in [5.74, 6) is 0.522. The lowest BCUT2D eigenvalue weighted by Gasteiger charge is -2.11. The quantitative estimate of drug-likeness (QED) is 0.419. The molecule has 0 saturated heterocycles. The standard InChI is InChI=1S/C16H21FN4S.HI/c1-11-4-5-13(8-15(11)17)9-20-16(18-3)19-7-6-14-10-22-12(2)21-14;/h4-5,8,10H,6-7,9H2,1-3H3,(H2,18,19,20);1H. The fourth-order valence-electron chi connectivity index (χ4n) is 1.98. The number of nitrogens with zero attached hydrogens (tertiary/aromatic N) is 2. The molecule has 0 aliphatic rings. The molecule has 1 heterocycles. The Morgan fingerprint density at radius 3 is 2.70 bits per heavy atom. The van der Waals surface area contributed by atoms with Gasteiger partial charge in [0, 0.05) is 31.9 Å². The smallest absolute Gasteiger partial charge is 0.191 e. The van der Waals surface area contributed by atoms with Crippen molar-refractivity contribution in [2.75, 3.05) is 13.6 Å². The zero-order valence-electron chi connectivity index (χ0n) is 13.5. The van der Waals surface area contributed by atoms with Crippen molar-refractivity contribution in [2.24, 2.45) is 4.99 Å². The lowest BCUT2D eigenvalue weighted by Crippen LogP contribution is -2.37. The van der Waals surface area contributed by atoms with Crippen molar-refractivity contribution in [2.45, 2.75) is 26.8 Å². The van der Waals surface area contributed by atoms with E-state index in [4.69, 9.17) is 0 Å². The maximum absolute atomic E-state index is 13.5. The lowest BCUT2D eigenvalue weighted by atomic mass is 10.1. The minimum Gasteiger partial charge on any atom is -0.356 e. The highest BCUT2D eigenvalue weighted by Gasteiger charge is 2.03. The molecule has 0 radical (unpaired) electrons. The monoisotopic (exact) mass is 448 g/mol. The summed E-state index contributed by atoms with van der Waals surface area (Å²) in [7, 11) is 1.72. The number of hydrogen-bond acceptors (Lipinski definition) is 3. The molecule has 7 heteroatoms. The Kier molecular flexibility index (Phi) is 8.46. The van der Waals surface area contributed by atoms with E-state index < -0.39 is 0 Å². The second-order valence-corrected chi connectivity index (χ2v) is 6.11. The van der Waals surface area contributed by atoms with Crippen molar-refractivity contribution < 1.29 is 4.39 Å². The van der Waals surface area contributed by atoms with E-state index >= 15 is 0 Å². The van der Waals surface area contributed by atoms with Crippen LogP contribution in [0.25, 0.3) is 0 Å². The maximum atomic E-state index is 13.5. The number of benzene rings is 1. The maximum Gasteiger partial charge on any atom is 0.191 e. The molecule has 2 aromatic rings. The molecular weight excluding hydrogens is 426 g/mol. The van der Waals surface area contributed by atoms with Crippen LogP contribution in [-0.4, -0.2) is 24.5 Å². The van der Waals surface area contributed by atoms with Gasteiger partial charge in [-0.25, -0.2) is 9.37 Å². The summed E-state index contributed by atoms with van der Waals surface area (Å²) in [6.07, 6.45) is 0.851. The zero-order valence-corrected chi connectivity index (χ0v) is 16.7. The molecule has 0 spiro atoms. The Hall–Kier alpha value is -1.22. The van der Waals surface area contributed by atoms with Crippen LogP contribution in [0.3, 0.4) is 0 Å². The summed E-state index contributed by atoms with van der Waals surface area (Å²) < 4.78 is 13.5. The SMILES string of the molecule is CN=C(NCCc1csc(C)n1)NCc1ccc(C)c(F)c1.I. The van der Waals surface area contributed by atoms with Gasteiger partial charge in [0.25, 0.3) is 0 Å². The molecule has 0 aliphatic heterocycles. The van der Waals surface area contributed by atoms with Gasteiger partial charge >= 0.3 is 0 Å². The molecule has 0 saturated carbocycles. The van der Waals surface area contributed by atoms with Gasteiger partial charge < -0.3 is 10.6 Å². The van der Waals surface area contributed by atoms with E-state index in [2.05, 4.69) is 26.0 Å². The van der Waals surface area contributed by atoms with E-state index in [1.165, 1.54) is 0 Å². The molecule has 2 rings (SSSR count). The van der Waals surface area contributed by atoms with Gasteiger partial charge in [0.05, 0.1) is 10.7 Å². The summed E-state index contributed by atoms with van der Waals surface area (Å²) in [5, 5.41) is 9.57. The van der Waals surface area contributed by atoms with Gasteiger partial charge in [-0.1, -0.05) is 12.1 Å². The van der Waals surface area contributed by atoms with Crippen LogP contribution in [0.15, 0.2) is 28.6 Å². The van der Waals surface area contributed by atoms with Crippen LogP contribution in [0.1, 0.15) is 21.8 Å². The molecule has 1 aromatic heterocycles. The number of aromatic nitrogens is 1. The van der Waals surface area contributed by atoms with Crippen molar-refractivity contribution in [1.82, 2.24) is 15.6 Å². The van der Waals surface area contributed by atoms with E-state index in [1.807, 2.05) is 13.0 Å². The highest BCUT2D eigenvalue weighted by Crippen LogP contribution is 2.09. The van der Waals surface area contributed by atoms with Gasteiger partial charge in [-0.15, -0.1) is 35.3 Å². The molecular formula is C16H22FIN4S. The molecule has 0 bridgehead atoms. The number of guanidine groups is 1. The molecule has 4 nitrogen and oxygen atoms in total. The second-order valence-electron chi connectivity index (χ2n) is 5.04. The minimum atomic E-state index is -0.179. The van der Waals surface area contributed by atoms with E-state index in [-0.39, 0.29) is 29.8 Å². The average molecular weight is 448 g/mol. The Morgan fingerprint density at radius 2 is 2.09 bits per heavy atom. The van der Waals surface area contributed by atoms with Crippen LogP contribution in [0, 0.1) is 19.7 Å². The summed E-state index contributed by atoms with van der Waals surface area (Å²) >= 11 is 1.66. The van der Waals surface area contributed by atoms with Crippen molar-refractivity contribution in [3.63, 3.8) is 0 Å². The van der Waals surface area contributed by atoms with Crippen molar-refractivity contribution in [1.29, 1.82) is 0 Å². The van der Waals surface area contributed by atoms with E-state index in [0.29, 0.717) is 18.1 Å². The predicted octanol–water partition coefficient (Wildman–Crippen LogP) is 3.42. The van der Waals surface area contributed by atoms with Crippen molar-refractivity contribution in [3.8, 4) is 0 Å². The van der Waals surface area contributed by atoms with Crippen LogP contribution in [0.5, 0.6) is 0 Å². The summed E-state index contributed by atoms with van der Waals surface area (Å²) in [6, 6.07) is 5.25. The van der Waals surface area contributed by atoms with Crippen LogP contribution in [-0.2, 0) is 13.0 Å². The molecule has 0 aliphatic carbocycles. The Morgan fingerprint density at radius 1 is 1.30 bits per heavy atom. The first-order chi connectivity index (χ1) is 10.6. The first-order valence-corrected chi connectivity index (χ1v) is 8.07. The number of rotatable bonds is 5. The van der Waals surface area contributed by atoms with Gasteiger partial charge in [0.15, 0.2) is 5.96 Å². The second kappa shape index (κ2) is 9.82. The molecule has 0 amide bonds. The Balaban J connectivity index is 0.00000264. The van der Waals surface area contributed by atoms with Gasteiger partial charge in [0.2, 0.25) is 0 Å². The number of nitrogens with one attached hydrogen (secondary N) is 2. The van der Waals surface area contributed by atoms with Gasteiger partial charge in [-0.2, -0.15) is 0 Å². The third kappa shape index (κ3) is 6.42. The van der Waals surface area contributed by atoms with Crippen LogP contribution < -0.4 is 10.6 Å². The summed E-state index contributed by atoms with van der Waals surface area (Å²) in [6.45, 7) is 5.05. The molecule has 0 unspecified atom stereocenters. The lowest BCUT2D eigenvalue weighted by molar-refractivity contribution is 0.615. The number of halogens is 2. The van der Waals surface area contributed by atoms with Gasteiger partial charge in [0.1, 0.15) is 5.82 Å². The fourth-order valence-corrected chi connectivity index (χ4v) is 2.63. The first kappa shape index (κ1) is 19.8. The highest BCUT2D eigenvalue weighted by atomic mass is 127. The van der Waals surface area contributed by atoms with Gasteiger partial charge in [-0.05, 0) is 31.0 Å². The summed E-state index contributed by atoms with van der Waals surface area (Å²) in [5.41, 5.74) is 2.64. The van der Waals surface area contributed by atoms with Crippen LogP contribution >= 0.6 is 35.3 Å². The molecule has 126 valence electrons. The van der Waals surface area contributed by atoms with Gasteiger partial charge in [-0.3, -0.25) is 4.99 Å². The van der Waals surface area contributed by atoms with E-state index in [0.717, 1.165) is 29.2 Å².